The van der Waals surface area contributed by atoms with Crippen molar-refractivity contribution in [3.05, 3.63) is 46.4 Å². The van der Waals surface area contributed by atoms with Gasteiger partial charge in [0.2, 0.25) is 11.3 Å². The number of para-hydroxylation sites is 1. The van der Waals surface area contributed by atoms with Crippen LogP contribution in [0.2, 0.25) is 0 Å². The first-order valence-electron chi connectivity index (χ1n) is 11.7. The smallest absolute Gasteiger partial charge is 0.238 e. The Hall–Kier alpha value is -3.23. The number of imidazole rings is 1. The Morgan fingerprint density at radius 3 is 2.64 bits per heavy atom. The minimum atomic E-state index is -0.191. The molecule has 174 valence electrons. The molecule has 2 heterocycles. The Morgan fingerprint density at radius 1 is 1.09 bits per heavy atom. The zero-order chi connectivity index (χ0) is 23.2. The molecule has 0 aliphatic rings. The maximum atomic E-state index is 13.4. The van der Waals surface area contributed by atoms with Gasteiger partial charge in [0.25, 0.3) is 0 Å². The van der Waals surface area contributed by atoms with Crippen LogP contribution in [-0.2, 0) is 11.3 Å². The van der Waals surface area contributed by atoms with Crippen molar-refractivity contribution in [2.24, 2.45) is 0 Å². The molecule has 2 aromatic carbocycles. The van der Waals surface area contributed by atoms with Crippen molar-refractivity contribution in [3.63, 3.8) is 0 Å². The fourth-order valence-corrected chi connectivity index (χ4v) is 3.87. The molecule has 0 saturated carbocycles. The number of carbonyl (C=O) groups excluding carboxylic acids is 1. The number of aromatic amines is 1. The Balaban J connectivity index is 1.76. The quantitative estimate of drug-likeness (QED) is 0.203. The van der Waals surface area contributed by atoms with Crippen LogP contribution < -0.4 is 21.4 Å². The van der Waals surface area contributed by atoms with Crippen LogP contribution >= 0.6 is 0 Å². The largest absolute Gasteiger partial charge is 0.454 e. The van der Waals surface area contributed by atoms with Crippen molar-refractivity contribution in [1.29, 1.82) is 0 Å². The third kappa shape index (κ3) is 5.07. The number of H-pyrrole nitrogens is 1. The fourth-order valence-electron chi connectivity index (χ4n) is 3.87. The van der Waals surface area contributed by atoms with Gasteiger partial charge in [0.15, 0.2) is 5.58 Å². The number of hydrogen-bond acceptors (Lipinski definition) is 6. The first-order chi connectivity index (χ1) is 16.1. The number of hydrogen-bond donors (Lipinski definition) is 4. The van der Waals surface area contributed by atoms with Gasteiger partial charge in [-0.25, -0.2) is 4.98 Å². The molecule has 0 fully saturated rings. The Morgan fingerprint density at radius 2 is 1.85 bits per heavy atom. The number of amides is 1. The van der Waals surface area contributed by atoms with Crippen LogP contribution in [0.3, 0.4) is 0 Å². The molecular weight excluding hydrogens is 418 g/mol. The molecule has 4 N–H and O–H groups in total. The van der Waals surface area contributed by atoms with Crippen LogP contribution in [0.5, 0.6) is 0 Å². The van der Waals surface area contributed by atoms with Gasteiger partial charge in [-0.3, -0.25) is 9.59 Å². The lowest BCUT2D eigenvalue weighted by Gasteiger charge is -2.10. The number of rotatable bonds is 11. The Bertz CT molecular complexity index is 1320. The van der Waals surface area contributed by atoms with Crippen LogP contribution in [-0.4, -0.2) is 35.5 Å². The summed E-state index contributed by atoms with van der Waals surface area (Å²) in [4.78, 5) is 34.0. The van der Waals surface area contributed by atoms with E-state index in [1.165, 1.54) is 0 Å². The number of nitrogens with one attached hydrogen (secondary N) is 4. The minimum absolute atomic E-state index is 0.161. The van der Waals surface area contributed by atoms with E-state index in [-0.39, 0.29) is 17.9 Å². The van der Waals surface area contributed by atoms with Gasteiger partial charge < -0.3 is 25.4 Å². The second-order valence-corrected chi connectivity index (χ2v) is 8.24. The minimum Gasteiger partial charge on any atom is -0.454 e. The van der Waals surface area contributed by atoms with Gasteiger partial charge in [-0.05, 0) is 44.1 Å². The lowest BCUT2D eigenvalue weighted by molar-refractivity contribution is -0.115. The molecule has 8 nitrogen and oxygen atoms in total. The summed E-state index contributed by atoms with van der Waals surface area (Å²) in [5.41, 5.74) is 2.35. The Labute approximate surface area is 192 Å². The lowest BCUT2D eigenvalue weighted by Crippen LogP contribution is -2.28. The van der Waals surface area contributed by atoms with Crippen molar-refractivity contribution < 1.29 is 9.21 Å². The molecule has 4 aromatic rings. The highest BCUT2D eigenvalue weighted by atomic mass is 16.3. The zero-order valence-corrected chi connectivity index (χ0v) is 19.2. The highest BCUT2D eigenvalue weighted by molar-refractivity contribution is 6.13. The molecule has 0 atom stereocenters. The lowest BCUT2D eigenvalue weighted by atomic mass is 10.1. The molecule has 0 bridgehead atoms. The van der Waals surface area contributed by atoms with Gasteiger partial charge >= 0.3 is 0 Å². The second kappa shape index (κ2) is 10.6. The van der Waals surface area contributed by atoms with E-state index >= 15 is 0 Å². The molecule has 2 aromatic heterocycles. The van der Waals surface area contributed by atoms with Crippen LogP contribution in [0.25, 0.3) is 33.0 Å². The number of nitrogens with zero attached hydrogens (tertiary/aromatic N) is 1. The van der Waals surface area contributed by atoms with Crippen molar-refractivity contribution in [1.82, 2.24) is 20.6 Å². The molecule has 33 heavy (non-hydrogen) atoms. The summed E-state index contributed by atoms with van der Waals surface area (Å²) in [6, 6.07) is 8.92. The van der Waals surface area contributed by atoms with Gasteiger partial charge in [-0.2, -0.15) is 0 Å². The third-order valence-electron chi connectivity index (χ3n) is 5.62. The number of unbranched alkanes of at least 4 members (excludes halogenated alkanes) is 2. The van der Waals surface area contributed by atoms with Crippen LogP contribution in [0, 0.1) is 0 Å². The highest BCUT2D eigenvalue weighted by Crippen LogP contribution is 2.31. The van der Waals surface area contributed by atoms with Crippen LogP contribution in [0.1, 0.15) is 45.4 Å². The molecule has 0 radical (unpaired) electrons. The van der Waals surface area contributed by atoms with E-state index in [2.05, 4.69) is 34.8 Å². The van der Waals surface area contributed by atoms with Crippen LogP contribution in [0.4, 0.5) is 5.69 Å². The number of carbonyl (C=O) groups is 1. The number of fused-ring (bicyclic) bond motifs is 4. The van der Waals surface area contributed by atoms with Crippen LogP contribution in [0.15, 0.2) is 39.5 Å². The Kier molecular flexibility index (Phi) is 7.36. The topological polar surface area (TPSA) is 112 Å². The molecule has 0 spiro atoms. The predicted molar refractivity (Wildman–Crippen MR) is 133 cm³/mol. The number of anilines is 1. The summed E-state index contributed by atoms with van der Waals surface area (Å²) in [7, 11) is 0. The third-order valence-corrected chi connectivity index (χ3v) is 5.62. The molecule has 1 amide bonds. The van der Waals surface area contributed by atoms with Gasteiger partial charge in [-0.1, -0.05) is 38.8 Å². The average Bonchev–Trinajstić information content (AvgIpc) is 3.22. The number of benzene rings is 2. The van der Waals surface area contributed by atoms with E-state index in [1.807, 2.05) is 12.1 Å². The van der Waals surface area contributed by atoms with Gasteiger partial charge in [0.1, 0.15) is 16.9 Å². The van der Waals surface area contributed by atoms with Gasteiger partial charge in [-0.15, -0.1) is 0 Å². The summed E-state index contributed by atoms with van der Waals surface area (Å²) < 4.78 is 6.13. The normalized spacial score (nSPS) is 11.6. The SMILES string of the molecule is CCCCNCC(=O)Nc1cc2[nH]c(CNCCCC)nc2c2c(=O)c3ccccc3oc12. The standard InChI is InChI=1S/C25H31N5O3/c1-3-5-11-26-14-20-28-17-13-18(29-21(31)15-27-12-6-4-2)25-22(23(17)30-20)24(32)16-9-7-8-10-19(16)33-25/h7-10,13,26-27H,3-6,11-12,14-15H2,1-2H3,(H,28,30)(H,29,31). The molecule has 0 aliphatic carbocycles. The average molecular weight is 450 g/mol. The molecule has 0 unspecified atom stereocenters. The summed E-state index contributed by atoms with van der Waals surface area (Å²) in [5, 5.41) is 10.3. The highest BCUT2D eigenvalue weighted by Gasteiger charge is 2.19. The van der Waals surface area contributed by atoms with E-state index in [0.29, 0.717) is 45.2 Å². The van der Waals surface area contributed by atoms with E-state index in [1.54, 1.807) is 18.2 Å². The molecule has 8 heteroatoms. The molecule has 0 saturated heterocycles. The van der Waals surface area contributed by atoms with Crippen molar-refractivity contribution >= 4 is 44.6 Å². The second-order valence-electron chi connectivity index (χ2n) is 8.24. The monoisotopic (exact) mass is 449 g/mol. The van der Waals surface area contributed by atoms with Gasteiger partial charge in [0, 0.05) is 0 Å². The predicted octanol–water partition coefficient (Wildman–Crippen LogP) is 4.04. The van der Waals surface area contributed by atoms with E-state index in [0.717, 1.165) is 44.6 Å². The van der Waals surface area contributed by atoms with E-state index < -0.39 is 0 Å². The summed E-state index contributed by atoms with van der Waals surface area (Å²) in [6.45, 7) is 6.68. The van der Waals surface area contributed by atoms with E-state index in [4.69, 9.17) is 9.40 Å². The van der Waals surface area contributed by atoms with E-state index in [9.17, 15) is 9.59 Å². The summed E-state index contributed by atoms with van der Waals surface area (Å²) in [6.07, 6.45) is 4.26. The number of aromatic nitrogens is 2. The maximum Gasteiger partial charge on any atom is 0.238 e. The summed E-state index contributed by atoms with van der Waals surface area (Å²) in [5.74, 6) is 0.545. The van der Waals surface area contributed by atoms with Gasteiger partial charge in [0.05, 0.1) is 35.1 Å². The first kappa shape index (κ1) is 22.9. The zero-order valence-electron chi connectivity index (χ0n) is 19.2. The first-order valence-corrected chi connectivity index (χ1v) is 11.7. The van der Waals surface area contributed by atoms with Crippen molar-refractivity contribution in [2.75, 3.05) is 25.0 Å². The molecule has 0 aliphatic heterocycles. The molecule has 4 rings (SSSR count). The fraction of sp³-hybridized carbons (Fsp3) is 0.400. The van der Waals surface area contributed by atoms with Crippen molar-refractivity contribution in [2.45, 2.75) is 46.1 Å². The molecular formula is C25H31N5O3. The summed E-state index contributed by atoms with van der Waals surface area (Å²) >= 11 is 0. The maximum absolute atomic E-state index is 13.4. The van der Waals surface area contributed by atoms with Crippen molar-refractivity contribution in [3.8, 4) is 0 Å².